The van der Waals surface area contributed by atoms with Crippen molar-refractivity contribution in [1.82, 2.24) is 0 Å². The van der Waals surface area contributed by atoms with E-state index in [1.54, 1.807) is 6.92 Å². The number of hydrogen-bond acceptors (Lipinski definition) is 2. The molecule has 0 radical (unpaired) electrons. The van der Waals surface area contributed by atoms with E-state index in [0.29, 0.717) is 0 Å². The van der Waals surface area contributed by atoms with Crippen molar-refractivity contribution in [3.8, 4) is 0 Å². The van der Waals surface area contributed by atoms with Crippen molar-refractivity contribution in [2.24, 2.45) is 0 Å². The highest BCUT2D eigenvalue weighted by Gasteiger charge is 1.98. The van der Waals surface area contributed by atoms with Crippen LogP contribution in [0, 0.1) is 0 Å². The van der Waals surface area contributed by atoms with Crippen LogP contribution in [0.2, 0.25) is 0 Å². The van der Waals surface area contributed by atoms with Gasteiger partial charge in [-0.25, -0.2) is 4.79 Å². The Morgan fingerprint density at radius 1 is 2.00 bits per heavy atom. The third-order valence-electron chi connectivity index (χ3n) is 0.610. The predicted molar refractivity (Wildman–Crippen MR) is 32.0 cm³/mol. The first-order valence-electron chi connectivity index (χ1n) is 2.15. The molecule has 2 nitrogen and oxygen atoms in total. The fourth-order valence-corrected chi connectivity index (χ4v) is 0.335. The molecule has 1 unspecified atom stereocenters. The first-order valence-corrected chi connectivity index (χ1v) is 2.53. The smallest absolute Gasteiger partial charge is 0.404 e. The molecule has 0 fully saturated rings. The summed E-state index contributed by atoms with van der Waals surface area (Å²) in [5, 5.41) is 0. The monoisotopic (exact) mass is 134 g/mol. The van der Waals surface area contributed by atoms with Crippen molar-refractivity contribution >= 4 is 17.0 Å². The predicted octanol–water partition coefficient (Wildman–Crippen LogP) is 1.94. The molecule has 1 atom stereocenters. The van der Waals surface area contributed by atoms with Crippen molar-refractivity contribution < 1.29 is 9.53 Å². The van der Waals surface area contributed by atoms with Gasteiger partial charge in [0.1, 0.15) is 6.10 Å². The summed E-state index contributed by atoms with van der Waals surface area (Å²) in [6, 6.07) is 0. The van der Waals surface area contributed by atoms with Gasteiger partial charge in [-0.05, 0) is 6.92 Å². The van der Waals surface area contributed by atoms with Gasteiger partial charge in [-0.2, -0.15) is 0 Å². The molecule has 0 aromatic heterocycles. The van der Waals surface area contributed by atoms with Gasteiger partial charge in [0.15, 0.2) is 0 Å². The molecule has 46 valence electrons. The first kappa shape index (κ1) is 7.50. The average Bonchev–Trinajstić information content (AvgIpc) is 1.65. The van der Waals surface area contributed by atoms with Crippen LogP contribution in [-0.2, 0) is 4.74 Å². The molecule has 0 saturated carbocycles. The second-order valence-electron chi connectivity index (χ2n) is 1.30. The Morgan fingerprint density at radius 3 is 2.62 bits per heavy atom. The molecule has 0 heterocycles. The maximum atomic E-state index is 9.91. The van der Waals surface area contributed by atoms with E-state index in [-0.39, 0.29) is 6.10 Å². The van der Waals surface area contributed by atoms with Crippen LogP contribution in [0.4, 0.5) is 4.79 Å². The van der Waals surface area contributed by atoms with E-state index in [4.69, 9.17) is 11.6 Å². The second kappa shape index (κ2) is 3.50. The van der Waals surface area contributed by atoms with Crippen molar-refractivity contribution in [2.75, 3.05) is 0 Å². The number of halogens is 1. The van der Waals surface area contributed by atoms with Gasteiger partial charge in [0.05, 0.1) is 0 Å². The molecule has 0 aliphatic heterocycles. The Kier molecular flexibility index (Phi) is 3.28. The van der Waals surface area contributed by atoms with E-state index in [2.05, 4.69) is 11.3 Å². The molecular formula is C5H7ClO2. The summed E-state index contributed by atoms with van der Waals surface area (Å²) < 4.78 is 4.41. The lowest BCUT2D eigenvalue weighted by Gasteiger charge is -2.01. The number of rotatable bonds is 2. The van der Waals surface area contributed by atoms with E-state index in [9.17, 15) is 4.79 Å². The second-order valence-corrected chi connectivity index (χ2v) is 1.60. The molecule has 0 aromatic carbocycles. The summed E-state index contributed by atoms with van der Waals surface area (Å²) in [7, 11) is 0. The van der Waals surface area contributed by atoms with Crippen LogP contribution >= 0.6 is 11.6 Å². The largest absolute Gasteiger partial charge is 0.446 e. The lowest BCUT2D eigenvalue weighted by molar-refractivity contribution is 0.153. The molecule has 0 aromatic rings. The summed E-state index contributed by atoms with van der Waals surface area (Å²) in [5.74, 6) is 0. The Bertz CT molecular complexity index is 101. The molecule has 0 rings (SSSR count). The third-order valence-corrected chi connectivity index (χ3v) is 0.700. The van der Waals surface area contributed by atoms with Crippen LogP contribution in [0.15, 0.2) is 12.7 Å². The quantitative estimate of drug-likeness (QED) is 0.426. The minimum absolute atomic E-state index is 0.292. The molecule has 3 heteroatoms. The molecule has 0 aliphatic rings. The zero-order valence-corrected chi connectivity index (χ0v) is 5.31. The van der Waals surface area contributed by atoms with Gasteiger partial charge in [-0.15, -0.1) is 0 Å². The third kappa shape index (κ3) is 3.68. The first-order chi connectivity index (χ1) is 3.66. The normalized spacial score (nSPS) is 12.2. The highest BCUT2D eigenvalue weighted by molar-refractivity contribution is 6.61. The summed E-state index contributed by atoms with van der Waals surface area (Å²) in [5.41, 5.74) is -0.794. The van der Waals surface area contributed by atoms with Crippen molar-refractivity contribution in [2.45, 2.75) is 13.0 Å². The number of ether oxygens (including phenoxy) is 1. The van der Waals surface area contributed by atoms with Crippen LogP contribution in [0.25, 0.3) is 0 Å². The van der Waals surface area contributed by atoms with E-state index in [1.807, 2.05) is 0 Å². The lowest BCUT2D eigenvalue weighted by atomic mass is 10.4. The lowest BCUT2D eigenvalue weighted by Crippen LogP contribution is -2.04. The maximum Gasteiger partial charge on any atom is 0.404 e. The van der Waals surface area contributed by atoms with Crippen LogP contribution in [0.3, 0.4) is 0 Å². The zero-order valence-electron chi connectivity index (χ0n) is 4.56. The summed E-state index contributed by atoms with van der Waals surface area (Å²) in [6.07, 6.45) is 1.19. The summed E-state index contributed by atoms with van der Waals surface area (Å²) >= 11 is 4.84. The van der Waals surface area contributed by atoms with Crippen LogP contribution in [0.5, 0.6) is 0 Å². The van der Waals surface area contributed by atoms with Gasteiger partial charge in [0.2, 0.25) is 0 Å². The standard InChI is InChI=1S/C5H7ClO2/c1-3-4(2)8-5(6)7/h3-4H,1H2,2H3. The van der Waals surface area contributed by atoms with Gasteiger partial charge in [-0.3, -0.25) is 0 Å². The summed E-state index contributed by atoms with van der Waals surface area (Å²) in [4.78, 5) is 9.91. The van der Waals surface area contributed by atoms with Crippen molar-refractivity contribution in [1.29, 1.82) is 0 Å². The highest BCUT2D eigenvalue weighted by atomic mass is 35.5. The Hall–Kier alpha value is -0.500. The van der Waals surface area contributed by atoms with E-state index >= 15 is 0 Å². The number of hydrogen-bond donors (Lipinski definition) is 0. The Labute approximate surface area is 53.1 Å². The van der Waals surface area contributed by atoms with Crippen LogP contribution < -0.4 is 0 Å². The van der Waals surface area contributed by atoms with Crippen LogP contribution in [-0.4, -0.2) is 11.5 Å². The SMILES string of the molecule is C=CC(C)OC(=O)Cl. The molecule has 8 heavy (non-hydrogen) atoms. The van der Waals surface area contributed by atoms with E-state index < -0.39 is 5.43 Å². The minimum Gasteiger partial charge on any atom is -0.446 e. The van der Waals surface area contributed by atoms with Gasteiger partial charge in [-0.1, -0.05) is 12.7 Å². The van der Waals surface area contributed by atoms with E-state index in [1.165, 1.54) is 6.08 Å². The average molecular weight is 135 g/mol. The van der Waals surface area contributed by atoms with Gasteiger partial charge in [0.25, 0.3) is 0 Å². The van der Waals surface area contributed by atoms with Crippen molar-refractivity contribution in [3.05, 3.63) is 12.7 Å². The minimum atomic E-state index is -0.794. The van der Waals surface area contributed by atoms with Crippen molar-refractivity contribution in [3.63, 3.8) is 0 Å². The Morgan fingerprint density at radius 2 is 2.50 bits per heavy atom. The maximum absolute atomic E-state index is 9.91. The van der Waals surface area contributed by atoms with Gasteiger partial charge in [0, 0.05) is 11.6 Å². The molecule has 0 saturated heterocycles. The van der Waals surface area contributed by atoms with Gasteiger partial charge >= 0.3 is 5.43 Å². The highest BCUT2D eigenvalue weighted by Crippen LogP contribution is 1.94. The van der Waals surface area contributed by atoms with E-state index in [0.717, 1.165) is 0 Å². The number of carbonyl (C=O) groups is 1. The molecule has 0 bridgehead atoms. The molecule has 0 N–H and O–H groups in total. The zero-order chi connectivity index (χ0) is 6.57. The molecule has 0 spiro atoms. The number of carbonyl (C=O) groups excluding carboxylic acids is 1. The molecule has 0 amide bonds. The summed E-state index contributed by atoms with van der Waals surface area (Å²) in [6.45, 7) is 5.05. The van der Waals surface area contributed by atoms with Gasteiger partial charge < -0.3 is 4.74 Å². The molecule has 0 aliphatic carbocycles. The Balaban J connectivity index is 3.38. The molecular weight excluding hydrogens is 128 g/mol. The van der Waals surface area contributed by atoms with Crippen LogP contribution in [0.1, 0.15) is 6.92 Å². The topological polar surface area (TPSA) is 26.3 Å². The fourth-order valence-electron chi connectivity index (χ4n) is 0.194. The fraction of sp³-hybridized carbons (Fsp3) is 0.400.